The van der Waals surface area contributed by atoms with Gasteiger partial charge in [0.15, 0.2) is 5.69 Å². The van der Waals surface area contributed by atoms with Gasteiger partial charge in [-0.1, -0.05) is 0 Å². The SMILES string of the molecule is CCOC(=O)c1coc(N2CC(N3CCNCC3)C2)n1. The first-order valence-corrected chi connectivity index (χ1v) is 7.10. The molecule has 0 radical (unpaired) electrons. The predicted octanol–water partition coefficient (Wildman–Crippen LogP) is -0.0549. The smallest absolute Gasteiger partial charge is 0.360 e. The van der Waals surface area contributed by atoms with Gasteiger partial charge in [-0.3, -0.25) is 4.90 Å². The largest absolute Gasteiger partial charge is 0.461 e. The molecule has 2 fully saturated rings. The summed E-state index contributed by atoms with van der Waals surface area (Å²) in [6.07, 6.45) is 1.37. The summed E-state index contributed by atoms with van der Waals surface area (Å²) in [7, 11) is 0. The maximum Gasteiger partial charge on any atom is 0.360 e. The van der Waals surface area contributed by atoms with Gasteiger partial charge in [-0.2, -0.15) is 4.98 Å². The van der Waals surface area contributed by atoms with Crippen molar-refractivity contribution in [3.8, 4) is 0 Å². The van der Waals surface area contributed by atoms with Gasteiger partial charge in [0.05, 0.1) is 6.61 Å². The van der Waals surface area contributed by atoms with E-state index in [0.717, 1.165) is 39.3 Å². The van der Waals surface area contributed by atoms with Crippen LogP contribution in [0.5, 0.6) is 0 Å². The third-order valence-corrected chi connectivity index (χ3v) is 3.78. The first-order chi connectivity index (χ1) is 9.78. The average molecular weight is 280 g/mol. The van der Waals surface area contributed by atoms with Crippen LogP contribution in [-0.2, 0) is 4.74 Å². The minimum Gasteiger partial charge on any atom is -0.461 e. The molecule has 2 aliphatic rings. The third kappa shape index (κ3) is 2.64. The van der Waals surface area contributed by atoms with Crippen LogP contribution >= 0.6 is 0 Å². The Hall–Kier alpha value is -1.60. The van der Waals surface area contributed by atoms with Crippen LogP contribution in [0.4, 0.5) is 6.01 Å². The number of anilines is 1. The van der Waals surface area contributed by atoms with Crippen LogP contribution in [0.3, 0.4) is 0 Å². The summed E-state index contributed by atoms with van der Waals surface area (Å²) < 4.78 is 10.2. The molecule has 1 aromatic rings. The molecule has 0 aromatic carbocycles. The number of piperazine rings is 1. The molecule has 3 rings (SSSR count). The highest BCUT2D eigenvalue weighted by Gasteiger charge is 2.35. The Bertz CT molecular complexity index is 464. The Kier molecular flexibility index (Phi) is 3.88. The Morgan fingerprint density at radius 3 is 2.95 bits per heavy atom. The van der Waals surface area contributed by atoms with Crippen LogP contribution in [0.25, 0.3) is 0 Å². The van der Waals surface area contributed by atoms with E-state index in [0.29, 0.717) is 18.7 Å². The van der Waals surface area contributed by atoms with Crippen molar-refractivity contribution in [1.29, 1.82) is 0 Å². The van der Waals surface area contributed by atoms with E-state index in [1.165, 1.54) is 6.26 Å². The number of aromatic nitrogens is 1. The Balaban J connectivity index is 1.53. The summed E-state index contributed by atoms with van der Waals surface area (Å²) in [4.78, 5) is 20.2. The first-order valence-electron chi connectivity index (χ1n) is 7.10. The number of rotatable bonds is 4. The van der Waals surface area contributed by atoms with Gasteiger partial charge >= 0.3 is 5.97 Å². The van der Waals surface area contributed by atoms with E-state index in [4.69, 9.17) is 9.15 Å². The molecule has 3 heterocycles. The van der Waals surface area contributed by atoms with Crippen LogP contribution in [-0.4, -0.2) is 67.8 Å². The second-order valence-electron chi connectivity index (χ2n) is 5.08. The molecular formula is C13H20N4O3. The van der Waals surface area contributed by atoms with Crippen molar-refractivity contribution in [3.63, 3.8) is 0 Å². The summed E-state index contributed by atoms with van der Waals surface area (Å²) in [6.45, 7) is 8.23. The lowest BCUT2D eigenvalue weighted by molar-refractivity contribution is 0.0519. The van der Waals surface area contributed by atoms with E-state index in [-0.39, 0.29) is 5.69 Å². The molecule has 2 saturated heterocycles. The minimum atomic E-state index is -0.429. The quantitative estimate of drug-likeness (QED) is 0.775. The van der Waals surface area contributed by atoms with Crippen LogP contribution in [0.1, 0.15) is 17.4 Å². The van der Waals surface area contributed by atoms with Crippen LogP contribution in [0, 0.1) is 0 Å². The van der Waals surface area contributed by atoms with Gasteiger partial charge in [-0.25, -0.2) is 4.79 Å². The average Bonchev–Trinajstić information content (AvgIpc) is 2.88. The van der Waals surface area contributed by atoms with Crippen molar-refractivity contribution in [3.05, 3.63) is 12.0 Å². The summed E-state index contributed by atoms with van der Waals surface area (Å²) in [5.74, 6) is -0.429. The Morgan fingerprint density at radius 2 is 2.25 bits per heavy atom. The second-order valence-corrected chi connectivity index (χ2v) is 5.08. The molecule has 7 nitrogen and oxygen atoms in total. The molecule has 0 bridgehead atoms. The van der Waals surface area contributed by atoms with E-state index in [9.17, 15) is 4.79 Å². The van der Waals surface area contributed by atoms with Crippen LogP contribution in [0.2, 0.25) is 0 Å². The normalized spacial score (nSPS) is 20.8. The molecule has 7 heteroatoms. The van der Waals surface area contributed by atoms with Gasteiger partial charge in [0.25, 0.3) is 6.01 Å². The molecule has 0 saturated carbocycles. The van der Waals surface area contributed by atoms with E-state index in [1.807, 2.05) is 0 Å². The number of esters is 1. The summed E-state index contributed by atoms with van der Waals surface area (Å²) in [6, 6.07) is 1.08. The van der Waals surface area contributed by atoms with E-state index >= 15 is 0 Å². The number of nitrogens with one attached hydrogen (secondary N) is 1. The molecule has 0 unspecified atom stereocenters. The third-order valence-electron chi connectivity index (χ3n) is 3.78. The molecular weight excluding hydrogens is 260 g/mol. The number of hydrogen-bond donors (Lipinski definition) is 1. The number of nitrogens with zero attached hydrogens (tertiary/aromatic N) is 3. The number of carbonyl (C=O) groups excluding carboxylic acids is 1. The van der Waals surface area contributed by atoms with Gasteiger partial charge in [0.1, 0.15) is 6.26 Å². The maximum atomic E-state index is 11.5. The number of ether oxygens (including phenoxy) is 1. The topological polar surface area (TPSA) is 70.8 Å². The van der Waals surface area contributed by atoms with Crippen LogP contribution in [0.15, 0.2) is 10.7 Å². The van der Waals surface area contributed by atoms with Crippen molar-refractivity contribution >= 4 is 12.0 Å². The standard InChI is InChI=1S/C13H20N4O3/c1-2-19-12(18)11-9-20-13(15-11)17-7-10(8-17)16-5-3-14-4-6-16/h9-10,14H,2-8H2,1H3. The molecule has 0 atom stereocenters. The Labute approximate surface area is 117 Å². The highest BCUT2D eigenvalue weighted by molar-refractivity contribution is 5.87. The van der Waals surface area contributed by atoms with Crippen molar-refractivity contribution in [1.82, 2.24) is 15.2 Å². The highest BCUT2D eigenvalue weighted by Crippen LogP contribution is 2.23. The lowest BCUT2D eigenvalue weighted by atomic mass is 10.1. The fourth-order valence-corrected chi connectivity index (χ4v) is 2.60. The molecule has 1 aromatic heterocycles. The molecule has 20 heavy (non-hydrogen) atoms. The predicted molar refractivity (Wildman–Crippen MR) is 72.9 cm³/mol. The molecule has 0 amide bonds. The zero-order chi connectivity index (χ0) is 13.9. The van der Waals surface area contributed by atoms with Crippen molar-refractivity contribution in [2.75, 3.05) is 50.8 Å². The fraction of sp³-hybridized carbons (Fsp3) is 0.692. The summed E-state index contributed by atoms with van der Waals surface area (Å²) in [5.41, 5.74) is 0.243. The van der Waals surface area contributed by atoms with Crippen molar-refractivity contribution in [2.45, 2.75) is 13.0 Å². The zero-order valence-corrected chi connectivity index (χ0v) is 11.7. The zero-order valence-electron chi connectivity index (χ0n) is 11.7. The van der Waals surface area contributed by atoms with E-state index in [1.54, 1.807) is 6.92 Å². The van der Waals surface area contributed by atoms with Crippen molar-refractivity contribution in [2.24, 2.45) is 0 Å². The maximum absolute atomic E-state index is 11.5. The number of hydrogen-bond acceptors (Lipinski definition) is 7. The summed E-state index contributed by atoms with van der Waals surface area (Å²) >= 11 is 0. The lowest BCUT2D eigenvalue weighted by Crippen LogP contribution is -2.63. The van der Waals surface area contributed by atoms with E-state index < -0.39 is 5.97 Å². The fourth-order valence-electron chi connectivity index (χ4n) is 2.60. The van der Waals surface area contributed by atoms with Gasteiger partial charge < -0.3 is 19.4 Å². The van der Waals surface area contributed by atoms with E-state index in [2.05, 4.69) is 20.1 Å². The number of oxazole rings is 1. The number of carbonyl (C=O) groups is 1. The Morgan fingerprint density at radius 1 is 1.50 bits per heavy atom. The highest BCUT2D eigenvalue weighted by atomic mass is 16.5. The van der Waals surface area contributed by atoms with Crippen molar-refractivity contribution < 1.29 is 13.9 Å². The molecule has 110 valence electrons. The minimum absolute atomic E-state index is 0.243. The van der Waals surface area contributed by atoms with Crippen LogP contribution < -0.4 is 10.2 Å². The molecule has 2 aliphatic heterocycles. The second kappa shape index (κ2) is 5.80. The van der Waals surface area contributed by atoms with Gasteiger partial charge in [-0.05, 0) is 6.92 Å². The molecule has 1 N–H and O–H groups in total. The first kappa shape index (κ1) is 13.4. The molecule has 0 spiro atoms. The van der Waals surface area contributed by atoms with Gasteiger partial charge in [0.2, 0.25) is 0 Å². The van der Waals surface area contributed by atoms with Gasteiger partial charge in [-0.15, -0.1) is 0 Å². The summed E-state index contributed by atoms with van der Waals surface area (Å²) in [5, 5.41) is 3.35. The lowest BCUT2D eigenvalue weighted by Gasteiger charge is -2.46. The monoisotopic (exact) mass is 280 g/mol. The van der Waals surface area contributed by atoms with Gasteiger partial charge in [0, 0.05) is 45.3 Å². The molecule has 0 aliphatic carbocycles.